The van der Waals surface area contributed by atoms with Gasteiger partial charge in [0, 0.05) is 6.54 Å². The Kier molecular flexibility index (Phi) is 4.39. The molecular weight excluding hydrogens is 174 g/mol. The number of hydrogen-bond acceptors (Lipinski definition) is 2. The molecule has 1 aliphatic carbocycles. The zero-order valence-electron chi connectivity index (χ0n) is 10.0. The third-order valence-corrected chi connectivity index (χ3v) is 3.74. The normalized spacial score (nSPS) is 36.0. The van der Waals surface area contributed by atoms with Crippen LogP contribution in [0.25, 0.3) is 0 Å². The van der Waals surface area contributed by atoms with Crippen molar-refractivity contribution >= 4 is 0 Å². The van der Waals surface area contributed by atoms with E-state index in [0.717, 1.165) is 18.4 Å². The van der Waals surface area contributed by atoms with Crippen molar-refractivity contribution in [3.8, 4) is 0 Å². The van der Waals surface area contributed by atoms with Crippen LogP contribution in [0.1, 0.15) is 33.1 Å². The van der Waals surface area contributed by atoms with E-state index in [1.54, 1.807) is 0 Å². The first-order valence-corrected chi connectivity index (χ1v) is 5.83. The molecule has 4 unspecified atom stereocenters. The predicted octanol–water partition coefficient (Wildman–Crippen LogP) is 1.98. The number of hydrogen-bond donors (Lipinski definition) is 1. The van der Waals surface area contributed by atoms with Crippen LogP contribution >= 0.6 is 0 Å². The summed E-state index contributed by atoms with van der Waals surface area (Å²) in [4.78, 5) is 2.08. The molecule has 0 amide bonds. The van der Waals surface area contributed by atoms with E-state index in [0.29, 0.717) is 5.92 Å². The maximum atomic E-state index is 10.0. The van der Waals surface area contributed by atoms with Gasteiger partial charge in [0.25, 0.3) is 0 Å². The van der Waals surface area contributed by atoms with Gasteiger partial charge in [0.15, 0.2) is 0 Å². The summed E-state index contributed by atoms with van der Waals surface area (Å²) in [6.07, 6.45) is 3.58. The van der Waals surface area contributed by atoms with Crippen molar-refractivity contribution in [1.29, 1.82) is 0 Å². The van der Waals surface area contributed by atoms with Crippen molar-refractivity contribution in [2.24, 2.45) is 17.8 Å². The SMILES string of the molecule is CC1CCC(C(O)CN(C)C)CC1C. The summed E-state index contributed by atoms with van der Waals surface area (Å²) < 4.78 is 0. The van der Waals surface area contributed by atoms with Crippen molar-refractivity contribution in [2.45, 2.75) is 39.2 Å². The monoisotopic (exact) mass is 199 g/mol. The van der Waals surface area contributed by atoms with Crippen LogP contribution < -0.4 is 0 Å². The molecule has 4 atom stereocenters. The number of nitrogens with zero attached hydrogens (tertiary/aromatic N) is 1. The van der Waals surface area contributed by atoms with E-state index in [9.17, 15) is 5.11 Å². The fourth-order valence-corrected chi connectivity index (χ4v) is 2.46. The Balaban J connectivity index is 2.38. The van der Waals surface area contributed by atoms with Crippen molar-refractivity contribution in [1.82, 2.24) is 4.90 Å². The lowest BCUT2D eigenvalue weighted by molar-refractivity contribution is 0.0388. The Labute approximate surface area is 88.3 Å². The Morgan fingerprint density at radius 3 is 2.36 bits per heavy atom. The topological polar surface area (TPSA) is 23.5 Å². The minimum atomic E-state index is -0.125. The molecule has 0 saturated heterocycles. The highest BCUT2D eigenvalue weighted by atomic mass is 16.3. The molecule has 2 heteroatoms. The first-order valence-electron chi connectivity index (χ1n) is 5.83. The van der Waals surface area contributed by atoms with Gasteiger partial charge in [-0.3, -0.25) is 0 Å². The van der Waals surface area contributed by atoms with E-state index in [2.05, 4.69) is 18.7 Å². The van der Waals surface area contributed by atoms with Gasteiger partial charge >= 0.3 is 0 Å². The summed E-state index contributed by atoms with van der Waals surface area (Å²) in [5.41, 5.74) is 0. The standard InChI is InChI=1S/C12H25NO/c1-9-5-6-11(7-10(9)2)12(14)8-13(3)4/h9-12,14H,5-8H2,1-4H3. The van der Waals surface area contributed by atoms with Gasteiger partial charge < -0.3 is 10.0 Å². The third-order valence-electron chi connectivity index (χ3n) is 3.74. The van der Waals surface area contributed by atoms with Crippen molar-refractivity contribution < 1.29 is 5.11 Å². The van der Waals surface area contributed by atoms with Crippen LogP contribution in [0.15, 0.2) is 0 Å². The molecule has 1 N–H and O–H groups in total. The Hall–Kier alpha value is -0.0800. The molecule has 1 fully saturated rings. The summed E-state index contributed by atoms with van der Waals surface area (Å²) in [5.74, 6) is 2.16. The zero-order chi connectivity index (χ0) is 10.7. The summed E-state index contributed by atoms with van der Waals surface area (Å²) in [6, 6.07) is 0. The molecule has 0 radical (unpaired) electrons. The Bertz CT molecular complexity index is 170. The minimum Gasteiger partial charge on any atom is -0.392 e. The lowest BCUT2D eigenvalue weighted by Crippen LogP contribution is -2.36. The summed E-state index contributed by atoms with van der Waals surface area (Å²) in [5, 5.41) is 10.0. The summed E-state index contributed by atoms with van der Waals surface area (Å²) in [7, 11) is 4.05. The van der Waals surface area contributed by atoms with Gasteiger partial charge in [-0.15, -0.1) is 0 Å². The second-order valence-electron chi connectivity index (χ2n) is 5.36. The van der Waals surface area contributed by atoms with E-state index in [-0.39, 0.29) is 6.10 Å². The summed E-state index contributed by atoms with van der Waals surface area (Å²) >= 11 is 0. The van der Waals surface area contributed by atoms with Crippen molar-refractivity contribution in [3.63, 3.8) is 0 Å². The number of rotatable bonds is 3. The molecule has 0 aromatic carbocycles. The van der Waals surface area contributed by atoms with Crippen LogP contribution in [0, 0.1) is 17.8 Å². The minimum absolute atomic E-state index is 0.125. The van der Waals surface area contributed by atoms with Gasteiger partial charge in [-0.05, 0) is 44.7 Å². The highest BCUT2D eigenvalue weighted by Crippen LogP contribution is 2.34. The van der Waals surface area contributed by atoms with Crippen LogP contribution in [0.5, 0.6) is 0 Å². The molecule has 1 aliphatic rings. The average molecular weight is 199 g/mol. The molecule has 1 rings (SSSR count). The zero-order valence-corrected chi connectivity index (χ0v) is 10.0. The molecule has 0 aromatic heterocycles. The van der Waals surface area contributed by atoms with Gasteiger partial charge in [0.1, 0.15) is 0 Å². The van der Waals surface area contributed by atoms with Gasteiger partial charge in [0.05, 0.1) is 6.10 Å². The molecule has 0 aromatic rings. The quantitative estimate of drug-likeness (QED) is 0.751. The van der Waals surface area contributed by atoms with Crippen LogP contribution in [0.3, 0.4) is 0 Å². The fourth-order valence-electron chi connectivity index (χ4n) is 2.46. The number of likely N-dealkylation sites (N-methyl/N-ethyl adjacent to an activating group) is 1. The summed E-state index contributed by atoms with van der Waals surface area (Å²) in [6.45, 7) is 5.46. The van der Waals surface area contributed by atoms with E-state index < -0.39 is 0 Å². The molecule has 0 aliphatic heterocycles. The third kappa shape index (κ3) is 3.25. The lowest BCUT2D eigenvalue weighted by atomic mass is 9.74. The maximum absolute atomic E-state index is 10.0. The molecule has 1 saturated carbocycles. The number of aliphatic hydroxyl groups is 1. The van der Waals surface area contributed by atoms with Crippen LogP contribution in [0.2, 0.25) is 0 Å². The Morgan fingerprint density at radius 2 is 1.86 bits per heavy atom. The van der Waals surface area contributed by atoms with E-state index in [4.69, 9.17) is 0 Å². The highest BCUT2D eigenvalue weighted by Gasteiger charge is 2.29. The lowest BCUT2D eigenvalue weighted by Gasteiger charge is -2.35. The van der Waals surface area contributed by atoms with Crippen LogP contribution in [-0.2, 0) is 0 Å². The smallest absolute Gasteiger partial charge is 0.0695 e. The molecule has 2 nitrogen and oxygen atoms in total. The molecule has 14 heavy (non-hydrogen) atoms. The molecule has 0 heterocycles. The first kappa shape index (κ1) is 12.0. The molecule has 84 valence electrons. The number of aliphatic hydroxyl groups excluding tert-OH is 1. The highest BCUT2D eigenvalue weighted by molar-refractivity contribution is 4.80. The van der Waals surface area contributed by atoms with Gasteiger partial charge in [0.2, 0.25) is 0 Å². The van der Waals surface area contributed by atoms with Gasteiger partial charge in [-0.1, -0.05) is 20.3 Å². The predicted molar refractivity (Wildman–Crippen MR) is 60.2 cm³/mol. The van der Waals surface area contributed by atoms with Gasteiger partial charge in [-0.2, -0.15) is 0 Å². The van der Waals surface area contributed by atoms with E-state index in [1.165, 1.54) is 19.3 Å². The molecule has 0 spiro atoms. The van der Waals surface area contributed by atoms with Crippen LogP contribution in [-0.4, -0.2) is 36.8 Å². The van der Waals surface area contributed by atoms with Crippen molar-refractivity contribution in [2.75, 3.05) is 20.6 Å². The second-order valence-corrected chi connectivity index (χ2v) is 5.36. The van der Waals surface area contributed by atoms with Gasteiger partial charge in [-0.25, -0.2) is 0 Å². The fraction of sp³-hybridized carbons (Fsp3) is 1.00. The first-order chi connectivity index (χ1) is 6.50. The van der Waals surface area contributed by atoms with E-state index in [1.807, 2.05) is 14.1 Å². The maximum Gasteiger partial charge on any atom is 0.0695 e. The second kappa shape index (κ2) is 5.13. The van der Waals surface area contributed by atoms with E-state index >= 15 is 0 Å². The Morgan fingerprint density at radius 1 is 1.21 bits per heavy atom. The molecule has 0 bridgehead atoms. The molecular formula is C12H25NO. The average Bonchev–Trinajstić information content (AvgIpc) is 2.08. The van der Waals surface area contributed by atoms with Crippen LogP contribution in [0.4, 0.5) is 0 Å². The largest absolute Gasteiger partial charge is 0.392 e. The van der Waals surface area contributed by atoms with Crippen molar-refractivity contribution in [3.05, 3.63) is 0 Å².